The molecular formula is C17H16FN3O3. The van der Waals surface area contributed by atoms with Crippen molar-refractivity contribution in [3.63, 3.8) is 0 Å². The molecule has 0 atom stereocenters. The molecule has 0 radical (unpaired) electrons. The zero-order chi connectivity index (χ0) is 17.4. The molecule has 24 heavy (non-hydrogen) atoms. The molecule has 0 aliphatic heterocycles. The summed E-state index contributed by atoms with van der Waals surface area (Å²) in [5, 5.41) is 11.8. The van der Waals surface area contributed by atoms with Crippen LogP contribution in [-0.2, 0) is 11.2 Å². The Bertz CT molecular complexity index is 987. The van der Waals surface area contributed by atoms with Crippen molar-refractivity contribution in [2.75, 3.05) is 0 Å². The number of aromatic amines is 1. The van der Waals surface area contributed by atoms with E-state index in [9.17, 15) is 14.0 Å². The molecule has 3 rings (SSSR count). The van der Waals surface area contributed by atoms with E-state index in [1.165, 1.54) is 16.6 Å². The summed E-state index contributed by atoms with van der Waals surface area (Å²) in [5.74, 6) is -1.30. The van der Waals surface area contributed by atoms with Crippen LogP contribution in [0.25, 0.3) is 16.8 Å². The number of carboxylic acids is 1. The average molecular weight is 329 g/mol. The van der Waals surface area contributed by atoms with Gasteiger partial charge in [-0.05, 0) is 38.0 Å². The number of hydrogen-bond donors (Lipinski definition) is 2. The van der Waals surface area contributed by atoms with Crippen LogP contribution >= 0.6 is 0 Å². The second-order valence-corrected chi connectivity index (χ2v) is 5.65. The van der Waals surface area contributed by atoms with Crippen LogP contribution in [0.5, 0.6) is 0 Å². The van der Waals surface area contributed by atoms with Gasteiger partial charge in [0.1, 0.15) is 5.82 Å². The van der Waals surface area contributed by atoms with Crippen molar-refractivity contribution < 1.29 is 14.3 Å². The largest absolute Gasteiger partial charge is 0.481 e. The van der Waals surface area contributed by atoms with E-state index in [0.717, 1.165) is 16.8 Å². The average Bonchev–Trinajstić information content (AvgIpc) is 2.84. The number of H-pyrrole nitrogens is 1. The highest BCUT2D eigenvalue weighted by molar-refractivity contribution is 5.79. The first-order valence-corrected chi connectivity index (χ1v) is 7.47. The molecule has 0 fully saturated rings. The first-order chi connectivity index (χ1) is 11.4. The summed E-state index contributed by atoms with van der Waals surface area (Å²) in [6, 6.07) is 5.96. The van der Waals surface area contributed by atoms with Gasteiger partial charge in [-0.3, -0.25) is 14.7 Å². The van der Waals surface area contributed by atoms with Gasteiger partial charge in [-0.1, -0.05) is 12.1 Å². The molecular weight excluding hydrogens is 313 g/mol. The quantitative estimate of drug-likeness (QED) is 0.770. The van der Waals surface area contributed by atoms with E-state index < -0.39 is 5.97 Å². The lowest BCUT2D eigenvalue weighted by atomic mass is 10.1. The zero-order valence-corrected chi connectivity index (χ0v) is 13.3. The molecule has 0 spiro atoms. The molecule has 6 nitrogen and oxygen atoms in total. The first-order valence-electron chi connectivity index (χ1n) is 7.47. The van der Waals surface area contributed by atoms with E-state index in [2.05, 4.69) is 10.1 Å². The van der Waals surface area contributed by atoms with Gasteiger partial charge >= 0.3 is 5.97 Å². The van der Waals surface area contributed by atoms with Gasteiger partial charge in [0.05, 0.1) is 0 Å². The van der Waals surface area contributed by atoms with E-state index in [-0.39, 0.29) is 24.2 Å². The predicted molar refractivity (Wildman–Crippen MR) is 86.6 cm³/mol. The van der Waals surface area contributed by atoms with Crippen LogP contribution in [0.15, 0.2) is 29.1 Å². The van der Waals surface area contributed by atoms with Crippen molar-refractivity contribution in [3.05, 3.63) is 57.4 Å². The number of carbonyl (C=O) groups is 1. The third-order valence-electron chi connectivity index (χ3n) is 3.98. The topological polar surface area (TPSA) is 87.5 Å². The molecule has 0 saturated heterocycles. The number of hydrogen-bond acceptors (Lipinski definition) is 3. The molecule has 2 aromatic heterocycles. The number of nitrogens with zero attached hydrogens (tertiary/aromatic N) is 2. The highest BCUT2D eigenvalue weighted by Crippen LogP contribution is 2.27. The Labute approximate surface area is 136 Å². The highest BCUT2D eigenvalue weighted by atomic mass is 19.1. The number of aryl methyl sites for hydroxylation is 2. The second-order valence-electron chi connectivity index (χ2n) is 5.65. The van der Waals surface area contributed by atoms with Crippen molar-refractivity contribution in [2.24, 2.45) is 0 Å². The third kappa shape index (κ3) is 2.68. The summed E-state index contributed by atoms with van der Waals surface area (Å²) in [4.78, 5) is 27.9. The van der Waals surface area contributed by atoms with Gasteiger partial charge in [0.15, 0.2) is 5.65 Å². The van der Waals surface area contributed by atoms with Crippen molar-refractivity contribution in [1.82, 2.24) is 14.6 Å². The molecule has 0 saturated carbocycles. The Kier molecular flexibility index (Phi) is 3.92. The fraction of sp³-hybridized carbons (Fsp3) is 0.235. The van der Waals surface area contributed by atoms with Crippen LogP contribution in [0, 0.1) is 19.7 Å². The standard InChI is InChI=1S/C17H16FN3O3/c1-9-13(7-8-14(22)23)17(24)21-16(19-9)15(10(2)20-21)11-3-5-12(18)6-4-11/h3-6,20H,7-8H2,1-2H3,(H,22,23). The summed E-state index contributed by atoms with van der Waals surface area (Å²) >= 11 is 0. The van der Waals surface area contributed by atoms with Gasteiger partial charge < -0.3 is 5.11 Å². The molecule has 2 N–H and O–H groups in total. The number of halogens is 1. The Morgan fingerprint density at radius 1 is 1.29 bits per heavy atom. The summed E-state index contributed by atoms with van der Waals surface area (Å²) in [6.07, 6.45) is -0.00573. The summed E-state index contributed by atoms with van der Waals surface area (Å²) in [7, 11) is 0. The smallest absolute Gasteiger partial charge is 0.303 e. The van der Waals surface area contributed by atoms with E-state index in [1.807, 2.05) is 0 Å². The van der Waals surface area contributed by atoms with Gasteiger partial charge in [0, 0.05) is 28.9 Å². The minimum Gasteiger partial charge on any atom is -0.481 e. The number of benzene rings is 1. The summed E-state index contributed by atoms with van der Waals surface area (Å²) < 4.78 is 14.5. The van der Waals surface area contributed by atoms with Crippen LogP contribution in [0.4, 0.5) is 4.39 Å². The van der Waals surface area contributed by atoms with Gasteiger partial charge in [0.2, 0.25) is 0 Å². The van der Waals surface area contributed by atoms with Crippen LogP contribution < -0.4 is 5.56 Å². The Morgan fingerprint density at radius 2 is 1.96 bits per heavy atom. The highest BCUT2D eigenvalue weighted by Gasteiger charge is 2.18. The first kappa shape index (κ1) is 15.9. The van der Waals surface area contributed by atoms with Crippen molar-refractivity contribution in [1.29, 1.82) is 0 Å². The van der Waals surface area contributed by atoms with Crippen molar-refractivity contribution >= 4 is 11.6 Å². The van der Waals surface area contributed by atoms with Gasteiger partial charge in [-0.2, -0.15) is 0 Å². The minimum absolute atomic E-state index is 0.125. The lowest BCUT2D eigenvalue weighted by Gasteiger charge is -2.05. The molecule has 0 aliphatic carbocycles. The third-order valence-corrected chi connectivity index (χ3v) is 3.98. The Balaban J connectivity index is 2.20. The molecule has 124 valence electrons. The van der Waals surface area contributed by atoms with Gasteiger partial charge in [-0.25, -0.2) is 13.9 Å². The fourth-order valence-electron chi connectivity index (χ4n) is 2.81. The fourth-order valence-corrected chi connectivity index (χ4v) is 2.81. The molecule has 0 aliphatic rings. The van der Waals surface area contributed by atoms with Crippen molar-refractivity contribution in [2.45, 2.75) is 26.7 Å². The maximum absolute atomic E-state index is 13.1. The second kappa shape index (κ2) is 5.92. The Morgan fingerprint density at radius 3 is 2.58 bits per heavy atom. The maximum atomic E-state index is 13.1. The minimum atomic E-state index is -0.964. The number of aliphatic carboxylic acids is 1. The molecule has 1 aromatic carbocycles. The van der Waals surface area contributed by atoms with Crippen LogP contribution in [0.3, 0.4) is 0 Å². The lowest BCUT2D eigenvalue weighted by Crippen LogP contribution is -2.22. The van der Waals surface area contributed by atoms with E-state index in [1.54, 1.807) is 26.0 Å². The van der Waals surface area contributed by atoms with E-state index >= 15 is 0 Å². The van der Waals surface area contributed by atoms with Crippen molar-refractivity contribution in [3.8, 4) is 11.1 Å². The summed E-state index contributed by atoms with van der Waals surface area (Å²) in [5.41, 5.74) is 3.21. The SMILES string of the molecule is Cc1nc2c(-c3ccc(F)cc3)c(C)[nH]n2c(=O)c1CCC(=O)O. The number of fused-ring (bicyclic) bond motifs is 1. The number of aromatic nitrogens is 3. The normalized spacial score (nSPS) is 11.1. The van der Waals surface area contributed by atoms with Crippen LogP contribution in [0.2, 0.25) is 0 Å². The molecule has 0 bridgehead atoms. The number of rotatable bonds is 4. The zero-order valence-electron chi connectivity index (χ0n) is 13.3. The lowest BCUT2D eigenvalue weighted by molar-refractivity contribution is -0.136. The molecule has 3 aromatic rings. The summed E-state index contributed by atoms with van der Waals surface area (Å²) in [6.45, 7) is 3.49. The monoisotopic (exact) mass is 329 g/mol. The molecule has 0 amide bonds. The van der Waals surface area contributed by atoms with Crippen LogP contribution in [-0.4, -0.2) is 25.7 Å². The number of nitrogens with one attached hydrogen (secondary N) is 1. The van der Waals surface area contributed by atoms with Gasteiger partial charge in [0.25, 0.3) is 5.56 Å². The molecule has 2 heterocycles. The Hall–Kier alpha value is -2.96. The predicted octanol–water partition coefficient (Wildman–Crippen LogP) is 2.46. The van der Waals surface area contributed by atoms with Crippen LogP contribution in [0.1, 0.15) is 23.4 Å². The van der Waals surface area contributed by atoms with Gasteiger partial charge in [-0.15, -0.1) is 0 Å². The maximum Gasteiger partial charge on any atom is 0.303 e. The van der Waals surface area contributed by atoms with E-state index in [0.29, 0.717) is 16.9 Å². The van der Waals surface area contributed by atoms with E-state index in [4.69, 9.17) is 5.11 Å². The molecule has 0 unspecified atom stereocenters. The molecule has 7 heteroatoms. The number of carboxylic acid groups (broad SMARTS) is 1.